The average molecular weight is 548 g/mol. The molecule has 0 aliphatic carbocycles. The first-order valence-corrected chi connectivity index (χ1v) is 14.1. The third kappa shape index (κ3) is 6.77. The van der Waals surface area contributed by atoms with Crippen LogP contribution in [0, 0.1) is 0 Å². The van der Waals surface area contributed by atoms with Crippen LogP contribution in [-0.4, -0.2) is 47.8 Å². The molecule has 1 amide bonds. The van der Waals surface area contributed by atoms with Crippen molar-refractivity contribution in [3.8, 4) is 22.8 Å². The second-order valence-electron chi connectivity index (χ2n) is 10.3. The summed E-state index contributed by atoms with van der Waals surface area (Å²) in [6, 6.07) is 19.1. The van der Waals surface area contributed by atoms with E-state index in [1.54, 1.807) is 48.5 Å². The van der Waals surface area contributed by atoms with Gasteiger partial charge in [0.2, 0.25) is 5.82 Å². The molecule has 0 radical (unpaired) electrons. The molecular formula is C29H29N3O6S. The molecule has 4 rings (SSSR count). The van der Waals surface area contributed by atoms with E-state index < -0.39 is 27.8 Å². The van der Waals surface area contributed by atoms with Crippen molar-refractivity contribution in [1.29, 1.82) is 0 Å². The predicted octanol–water partition coefficient (Wildman–Crippen LogP) is 4.53. The number of carbonyl (C=O) groups is 2. The summed E-state index contributed by atoms with van der Waals surface area (Å²) in [6.45, 7) is 6.23. The van der Waals surface area contributed by atoms with Crippen LogP contribution < -0.4 is 5.32 Å². The molecule has 2 N–H and O–H groups in total. The smallest absolute Gasteiger partial charge is 0.326 e. The molecule has 9 nitrogen and oxygen atoms in total. The van der Waals surface area contributed by atoms with Crippen molar-refractivity contribution in [3.05, 3.63) is 89.5 Å². The van der Waals surface area contributed by atoms with Gasteiger partial charge in [0.15, 0.2) is 9.84 Å². The van der Waals surface area contributed by atoms with Crippen LogP contribution in [0.2, 0.25) is 0 Å². The van der Waals surface area contributed by atoms with Gasteiger partial charge in [0.05, 0.1) is 4.90 Å². The van der Waals surface area contributed by atoms with Gasteiger partial charge >= 0.3 is 5.97 Å². The van der Waals surface area contributed by atoms with Gasteiger partial charge in [0.25, 0.3) is 11.8 Å². The third-order valence-corrected chi connectivity index (χ3v) is 7.35. The van der Waals surface area contributed by atoms with Crippen LogP contribution in [0.4, 0.5) is 0 Å². The van der Waals surface area contributed by atoms with Crippen LogP contribution in [0.1, 0.15) is 42.3 Å². The summed E-state index contributed by atoms with van der Waals surface area (Å²) >= 11 is 0. The van der Waals surface area contributed by atoms with Crippen molar-refractivity contribution in [2.45, 2.75) is 43.5 Å². The second kappa shape index (κ2) is 10.8. The van der Waals surface area contributed by atoms with Crippen LogP contribution in [0.25, 0.3) is 22.8 Å². The standard InChI is InChI=1S/C29H29N3O6S/c1-29(2,3)22-13-9-20(10-14-22)26(33)30-24(28(34)35)17-18-5-7-19(8-6-18)25-31-27(38-32-25)21-11-15-23(16-12-21)39(4,36)37/h5-16,24H,17H2,1-4H3,(H,30,33)(H,34,35). The van der Waals surface area contributed by atoms with E-state index in [2.05, 4.69) is 36.2 Å². The van der Waals surface area contributed by atoms with Crippen LogP contribution in [0.15, 0.2) is 82.2 Å². The normalized spacial score (nSPS) is 12.6. The topological polar surface area (TPSA) is 139 Å². The summed E-state index contributed by atoms with van der Waals surface area (Å²) in [6.07, 6.45) is 1.22. The fourth-order valence-corrected chi connectivity index (χ4v) is 4.52. The zero-order chi connectivity index (χ0) is 28.4. The fourth-order valence-electron chi connectivity index (χ4n) is 3.89. The summed E-state index contributed by atoms with van der Waals surface area (Å²) in [5.41, 5.74) is 3.34. The molecule has 1 aromatic heterocycles. The van der Waals surface area contributed by atoms with Crippen LogP contribution >= 0.6 is 0 Å². The molecule has 1 heterocycles. The first-order valence-electron chi connectivity index (χ1n) is 12.2. The minimum Gasteiger partial charge on any atom is -0.480 e. The lowest BCUT2D eigenvalue weighted by Crippen LogP contribution is -2.42. The van der Waals surface area contributed by atoms with E-state index >= 15 is 0 Å². The van der Waals surface area contributed by atoms with Gasteiger partial charge in [0.1, 0.15) is 6.04 Å². The van der Waals surface area contributed by atoms with Crippen molar-refractivity contribution >= 4 is 21.7 Å². The van der Waals surface area contributed by atoms with E-state index in [9.17, 15) is 23.1 Å². The number of benzene rings is 3. The van der Waals surface area contributed by atoms with Crippen molar-refractivity contribution in [1.82, 2.24) is 15.5 Å². The number of sulfone groups is 1. The number of hydrogen-bond donors (Lipinski definition) is 2. The number of rotatable bonds is 8. The lowest BCUT2D eigenvalue weighted by atomic mass is 9.86. The Balaban J connectivity index is 1.43. The van der Waals surface area contributed by atoms with Gasteiger partial charge in [-0.25, -0.2) is 13.2 Å². The van der Waals surface area contributed by atoms with E-state index in [-0.39, 0.29) is 22.6 Å². The highest BCUT2D eigenvalue weighted by Crippen LogP contribution is 2.25. The molecule has 0 aliphatic rings. The molecule has 39 heavy (non-hydrogen) atoms. The molecule has 3 aromatic carbocycles. The number of hydrogen-bond acceptors (Lipinski definition) is 7. The van der Waals surface area contributed by atoms with E-state index in [0.29, 0.717) is 28.1 Å². The monoisotopic (exact) mass is 547 g/mol. The van der Waals surface area contributed by atoms with Crippen molar-refractivity contribution in [3.63, 3.8) is 0 Å². The summed E-state index contributed by atoms with van der Waals surface area (Å²) in [5.74, 6) is -1.03. The van der Waals surface area contributed by atoms with Gasteiger partial charge in [-0.2, -0.15) is 4.98 Å². The lowest BCUT2D eigenvalue weighted by molar-refractivity contribution is -0.139. The third-order valence-electron chi connectivity index (χ3n) is 6.22. The molecule has 0 spiro atoms. The average Bonchev–Trinajstić information content (AvgIpc) is 3.38. The van der Waals surface area contributed by atoms with Crippen LogP contribution in [-0.2, 0) is 26.5 Å². The Morgan fingerprint density at radius 1 is 0.923 bits per heavy atom. The Kier molecular flexibility index (Phi) is 7.69. The van der Waals surface area contributed by atoms with Crippen molar-refractivity contribution in [2.75, 3.05) is 6.26 Å². The summed E-state index contributed by atoms with van der Waals surface area (Å²) in [4.78, 5) is 29.2. The van der Waals surface area contributed by atoms with Gasteiger partial charge in [-0.3, -0.25) is 4.79 Å². The molecule has 202 valence electrons. The van der Waals surface area contributed by atoms with Crippen molar-refractivity contribution in [2.24, 2.45) is 0 Å². The Labute approximate surface area is 226 Å². The summed E-state index contributed by atoms with van der Waals surface area (Å²) in [7, 11) is -3.31. The second-order valence-corrected chi connectivity index (χ2v) is 12.3. The number of aromatic nitrogens is 2. The van der Waals surface area contributed by atoms with Crippen molar-refractivity contribution < 1.29 is 27.6 Å². The number of carboxylic acid groups (broad SMARTS) is 1. The van der Waals surface area contributed by atoms with Gasteiger partial charge < -0.3 is 14.9 Å². The van der Waals surface area contributed by atoms with Gasteiger partial charge in [-0.05, 0) is 52.9 Å². The number of aliphatic carboxylic acids is 1. The molecule has 1 atom stereocenters. The Morgan fingerprint density at radius 2 is 1.51 bits per heavy atom. The number of nitrogens with zero attached hydrogens (tertiary/aromatic N) is 2. The maximum atomic E-state index is 12.7. The number of nitrogens with one attached hydrogen (secondary N) is 1. The highest BCUT2D eigenvalue weighted by molar-refractivity contribution is 7.90. The molecule has 0 aliphatic heterocycles. The highest BCUT2D eigenvalue weighted by atomic mass is 32.2. The molecule has 0 bridgehead atoms. The first kappa shape index (κ1) is 27.7. The fraction of sp³-hybridized carbons (Fsp3) is 0.241. The van der Waals surface area contributed by atoms with Gasteiger partial charge in [0, 0.05) is 29.4 Å². The van der Waals surface area contributed by atoms with E-state index in [1.807, 2.05) is 12.1 Å². The Hall–Kier alpha value is -4.31. The SMILES string of the molecule is CC(C)(C)c1ccc(C(=O)NC(Cc2ccc(-c3noc(-c4ccc(S(C)(=O)=O)cc4)n3)cc2)C(=O)O)cc1. The molecule has 10 heteroatoms. The lowest BCUT2D eigenvalue weighted by Gasteiger charge is -2.19. The molecule has 0 saturated carbocycles. The summed E-state index contributed by atoms with van der Waals surface area (Å²) in [5, 5.41) is 16.3. The zero-order valence-corrected chi connectivity index (χ0v) is 22.8. The molecule has 0 fully saturated rings. The van der Waals surface area contributed by atoms with Crippen LogP contribution in [0.5, 0.6) is 0 Å². The van der Waals surface area contributed by atoms with Crippen LogP contribution in [0.3, 0.4) is 0 Å². The Bertz CT molecular complexity index is 1580. The zero-order valence-electron chi connectivity index (χ0n) is 22.0. The largest absolute Gasteiger partial charge is 0.480 e. The maximum Gasteiger partial charge on any atom is 0.326 e. The first-order chi connectivity index (χ1) is 18.3. The molecular weight excluding hydrogens is 518 g/mol. The number of carboxylic acids is 1. The Morgan fingerprint density at radius 3 is 2.05 bits per heavy atom. The number of amides is 1. The van der Waals surface area contributed by atoms with E-state index in [1.165, 1.54) is 12.1 Å². The minimum atomic E-state index is -3.31. The molecule has 0 saturated heterocycles. The predicted molar refractivity (Wildman–Crippen MR) is 146 cm³/mol. The molecule has 1 unspecified atom stereocenters. The molecule has 4 aromatic rings. The van der Waals surface area contributed by atoms with Gasteiger partial charge in [-0.1, -0.05) is 62.3 Å². The van der Waals surface area contributed by atoms with E-state index in [0.717, 1.165) is 11.8 Å². The summed E-state index contributed by atoms with van der Waals surface area (Å²) < 4.78 is 28.6. The minimum absolute atomic E-state index is 0.0561. The number of carbonyl (C=O) groups excluding carboxylic acids is 1. The highest BCUT2D eigenvalue weighted by Gasteiger charge is 2.22. The van der Waals surface area contributed by atoms with Gasteiger partial charge in [-0.15, -0.1) is 0 Å². The quantitative estimate of drug-likeness (QED) is 0.328. The maximum absolute atomic E-state index is 12.7. The van der Waals surface area contributed by atoms with E-state index in [4.69, 9.17) is 4.52 Å².